The summed E-state index contributed by atoms with van der Waals surface area (Å²) in [5, 5.41) is 8.88. The Hall–Kier alpha value is -2.04. The van der Waals surface area contributed by atoms with Crippen LogP contribution in [-0.4, -0.2) is 30.1 Å². The van der Waals surface area contributed by atoms with E-state index in [0.29, 0.717) is 12.1 Å². The minimum absolute atomic E-state index is 0.104. The quantitative estimate of drug-likeness (QED) is 0.615. The van der Waals surface area contributed by atoms with Crippen LogP contribution in [0.5, 0.6) is 0 Å². The molecule has 1 rings (SSSR count). The summed E-state index contributed by atoms with van der Waals surface area (Å²) in [7, 11) is 0. The Labute approximate surface area is 132 Å². The van der Waals surface area contributed by atoms with Crippen molar-refractivity contribution in [2.75, 3.05) is 18.0 Å². The van der Waals surface area contributed by atoms with E-state index in [4.69, 9.17) is 10.8 Å². The van der Waals surface area contributed by atoms with E-state index >= 15 is 0 Å². The van der Waals surface area contributed by atoms with Gasteiger partial charge in [-0.05, 0) is 30.7 Å². The Bertz CT molecular complexity index is 471. The number of hydrogen-bond donors (Lipinski definition) is 2. The number of unbranched alkanes of at least 4 members (excludes halogenated alkanes) is 4. The molecule has 122 valence electrons. The highest BCUT2D eigenvalue weighted by molar-refractivity contribution is 5.93. The molecule has 0 saturated carbocycles. The first-order valence-corrected chi connectivity index (χ1v) is 7.91. The Morgan fingerprint density at radius 3 is 2.23 bits per heavy atom. The maximum Gasteiger partial charge on any atom is 0.305 e. The molecular weight excluding hydrogens is 280 g/mol. The first-order chi connectivity index (χ1) is 10.5. The highest BCUT2D eigenvalue weighted by Gasteiger charge is 2.09. The number of benzene rings is 1. The summed E-state index contributed by atoms with van der Waals surface area (Å²) in [5.74, 6) is -1.26. The summed E-state index contributed by atoms with van der Waals surface area (Å²) in [4.78, 5) is 24.0. The monoisotopic (exact) mass is 306 g/mol. The SMILES string of the molecule is CCCCCCCN(CCC(=O)O)c1ccc(C(N)=O)cc1. The third-order valence-electron chi connectivity index (χ3n) is 3.64. The molecule has 3 N–H and O–H groups in total. The first-order valence-electron chi connectivity index (χ1n) is 7.91. The van der Waals surface area contributed by atoms with Crippen LogP contribution in [-0.2, 0) is 4.79 Å². The van der Waals surface area contributed by atoms with Gasteiger partial charge in [0, 0.05) is 24.3 Å². The number of nitrogens with zero attached hydrogens (tertiary/aromatic N) is 1. The van der Waals surface area contributed by atoms with Gasteiger partial charge in [-0.2, -0.15) is 0 Å². The lowest BCUT2D eigenvalue weighted by atomic mass is 10.1. The molecule has 0 saturated heterocycles. The van der Waals surface area contributed by atoms with E-state index in [1.807, 2.05) is 12.1 Å². The number of carbonyl (C=O) groups excluding carboxylic acids is 1. The number of carbonyl (C=O) groups is 2. The van der Waals surface area contributed by atoms with Crippen LogP contribution in [0.1, 0.15) is 55.8 Å². The second-order valence-corrected chi connectivity index (χ2v) is 5.46. The summed E-state index contributed by atoms with van der Waals surface area (Å²) in [6.07, 6.45) is 5.95. The van der Waals surface area contributed by atoms with Crippen LogP contribution in [0.25, 0.3) is 0 Å². The molecule has 0 radical (unpaired) electrons. The second kappa shape index (κ2) is 9.82. The van der Waals surface area contributed by atoms with E-state index in [1.165, 1.54) is 19.3 Å². The highest BCUT2D eigenvalue weighted by atomic mass is 16.4. The Kier molecular flexibility index (Phi) is 8.04. The highest BCUT2D eigenvalue weighted by Crippen LogP contribution is 2.17. The predicted molar refractivity (Wildman–Crippen MR) is 88.2 cm³/mol. The van der Waals surface area contributed by atoms with Crippen molar-refractivity contribution in [3.63, 3.8) is 0 Å². The molecule has 0 heterocycles. The predicted octanol–water partition coefficient (Wildman–Crippen LogP) is 3.04. The molecule has 0 spiro atoms. The largest absolute Gasteiger partial charge is 0.481 e. The number of anilines is 1. The molecule has 0 atom stereocenters. The van der Waals surface area contributed by atoms with Gasteiger partial charge in [0.15, 0.2) is 0 Å². The Morgan fingerprint density at radius 2 is 1.68 bits per heavy atom. The molecular formula is C17H26N2O3. The van der Waals surface area contributed by atoms with Crippen LogP contribution in [0.2, 0.25) is 0 Å². The van der Waals surface area contributed by atoms with Gasteiger partial charge in [-0.1, -0.05) is 32.6 Å². The molecule has 22 heavy (non-hydrogen) atoms. The van der Waals surface area contributed by atoms with Crippen molar-refractivity contribution >= 4 is 17.6 Å². The average molecular weight is 306 g/mol. The summed E-state index contributed by atoms with van der Waals surface area (Å²) < 4.78 is 0. The summed E-state index contributed by atoms with van der Waals surface area (Å²) in [6, 6.07) is 7.02. The molecule has 1 amide bonds. The molecule has 1 aromatic rings. The number of rotatable bonds is 11. The number of aliphatic carboxylic acids is 1. The molecule has 5 nitrogen and oxygen atoms in total. The van der Waals surface area contributed by atoms with E-state index in [2.05, 4.69) is 11.8 Å². The van der Waals surface area contributed by atoms with E-state index in [-0.39, 0.29) is 6.42 Å². The number of amides is 1. The maximum absolute atomic E-state index is 11.1. The maximum atomic E-state index is 11.1. The Balaban J connectivity index is 2.63. The zero-order valence-corrected chi connectivity index (χ0v) is 13.3. The lowest BCUT2D eigenvalue weighted by Gasteiger charge is -2.24. The van der Waals surface area contributed by atoms with Crippen molar-refractivity contribution < 1.29 is 14.7 Å². The third-order valence-corrected chi connectivity index (χ3v) is 3.64. The van der Waals surface area contributed by atoms with Crippen LogP contribution >= 0.6 is 0 Å². The van der Waals surface area contributed by atoms with Crippen molar-refractivity contribution in [1.29, 1.82) is 0 Å². The lowest BCUT2D eigenvalue weighted by Crippen LogP contribution is -2.27. The van der Waals surface area contributed by atoms with Crippen LogP contribution in [0.3, 0.4) is 0 Å². The topological polar surface area (TPSA) is 83.6 Å². The molecule has 0 aromatic heterocycles. The zero-order chi connectivity index (χ0) is 16.4. The van der Waals surface area contributed by atoms with Crippen molar-refractivity contribution in [3.8, 4) is 0 Å². The molecule has 5 heteroatoms. The summed E-state index contributed by atoms with van der Waals surface area (Å²) in [6.45, 7) is 3.48. The molecule has 0 aliphatic carbocycles. The molecule has 0 bridgehead atoms. The smallest absolute Gasteiger partial charge is 0.305 e. The zero-order valence-electron chi connectivity index (χ0n) is 13.3. The molecule has 1 aromatic carbocycles. The van der Waals surface area contributed by atoms with Gasteiger partial charge in [0.1, 0.15) is 0 Å². The van der Waals surface area contributed by atoms with Gasteiger partial charge in [-0.15, -0.1) is 0 Å². The van der Waals surface area contributed by atoms with Crippen molar-refractivity contribution in [2.24, 2.45) is 5.73 Å². The fourth-order valence-electron chi connectivity index (χ4n) is 2.34. The van der Waals surface area contributed by atoms with E-state index in [0.717, 1.165) is 25.1 Å². The minimum atomic E-state index is -0.801. The standard InChI is InChI=1S/C17H26N2O3/c1-2-3-4-5-6-12-19(13-11-16(20)21)15-9-7-14(8-10-15)17(18)22/h7-10H,2-6,11-13H2,1H3,(H2,18,22)(H,20,21). The first kappa shape index (κ1) is 18.0. The summed E-state index contributed by atoms with van der Waals surface area (Å²) >= 11 is 0. The number of primary amides is 1. The number of carboxylic acids is 1. The van der Waals surface area contributed by atoms with Crippen molar-refractivity contribution in [1.82, 2.24) is 0 Å². The van der Waals surface area contributed by atoms with Gasteiger partial charge >= 0.3 is 5.97 Å². The van der Waals surface area contributed by atoms with E-state index < -0.39 is 11.9 Å². The molecule has 0 aliphatic heterocycles. The van der Waals surface area contributed by atoms with Crippen LogP contribution in [0.4, 0.5) is 5.69 Å². The lowest BCUT2D eigenvalue weighted by molar-refractivity contribution is -0.136. The fourth-order valence-corrected chi connectivity index (χ4v) is 2.34. The van der Waals surface area contributed by atoms with Gasteiger partial charge in [-0.25, -0.2) is 0 Å². The van der Waals surface area contributed by atoms with E-state index in [9.17, 15) is 9.59 Å². The Morgan fingerprint density at radius 1 is 1.05 bits per heavy atom. The van der Waals surface area contributed by atoms with Gasteiger partial charge in [0.25, 0.3) is 0 Å². The normalized spacial score (nSPS) is 10.4. The van der Waals surface area contributed by atoms with Crippen molar-refractivity contribution in [2.45, 2.75) is 45.4 Å². The average Bonchev–Trinajstić information content (AvgIpc) is 2.50. The van der Waals surface area contributed by atoms with Gasteiger partial charge in [-0.3, -0.25) is 9.59 Å². The minimum Gasteiger partial charge on any atom is -0.481 e. The fraction of sp³-hybridized carbons (Fsp3) is 0.529. The number of nitrogens with two attached hydrogens (primary N) is 1. The van der Waals surface area contributed by atoms with Crippen LogP contribution in [0, 0.1) is 0 Å². The van der Waals surface area contributed by atoms with Gasteiger partial charge < -0.3 is 15.7 Å². The number of carboxylic acid groups (broad SMARTS) is 1. The van der Waals surface area contributed by atoms with Crippen LogP contribution in [0.15, 0.2) is 24.3 Å². The third kappa shape index (κ3) is 6.61. The van der Waals surface area contributed by atoms with E-state index in [1.54, 1.807) is 12.1 Å². The molecule has 0 fully saturated rings. The number of hydrogen-bond acceptors (Lipinski definition) is 3. The van der Waals surface area contributed by atoms with Gasteiger partial charge in [0.05, 0.1) is 6.42 Å². The van der Waals surface area contributed by atoms with Crippen molar-refractivity contribution in [3.05, 3.63) is 29.8 Å². The second-order valence-electron chi connectivity index (χ2n) is 5.46. The van der Waals surface area contributed by atoms with Crippen LogP contribution < -0.4 is 10.6 Å². The summed E-state index contributed by atoms with van der Waals surface area (Å²) in [5.41, 5.74) is 6.63. The van der Waals surface area contributed by atoms with Gasteiger partial charge in [0.2, 0.25) is 5.91 Å². The molecule has 0 aliphatic rings. The molecule has 0 unspecified atom stereocenters.